The zero-order valence-corrected chi connectivity index (χ0v) is 20.2. The summed E-state index contributed by atoms with van der Waals surface area (Å²) in [6.45, 7) is 0.484. The molecular weight excluding hydrogens is 458 g/mol. The summed E-state index contributed by atoms with van der Waals surface area (Å²) in [6, 6.07) is 16.0. The highest BCUT2D eigenvalue weighted by Gasteiger charge is 2.36. The lowest BCUT2D eigenvalue weighted by atomic mass is 10.1. The summed E-state index contributed by atoms with van der Waals surface area (Å²) in [5, 5.41) is 2.23. The average molecular weight is 484 g/mol. The van der Waals surface area contributed by atoms with Crippen molar-refractivity contribution in [2.45, 2.75) is 36.2 Å². The molecule has 1 fully saturated rings. The minimum atomic E-state index is -3.85. The second-order valence-electron chi connectivity index (χ2n) is 9.01. The Balaban J connectivity index is 1.34. The maximum absolute atomic E-state index is 13.1. The van der Waals surface area contributed by atoms with Gasteiger partial charge in [-0.1, -0.05) is 29.8 Å². The standard InChI is InChI=1S/C25H26ClN3O3S/c1-28(2)24-10-5-18-14-20(7-9-22(18)24)29-12-11-23(25(29)30)27-33(31,32)21-8-4-16-13-19(26)6-3-17(16)15-21/h3-4,6-9,13-15,23-24,27H,5,10-12H2,1-2H3/t23-,24+/m0/s1. The third kappa shape index (κ3) is 4.15. The van der Waals surface area contributed by atoms with Crippen LogP contribution in [0.1, 0.15) is 30.0 Å². The Bertz CT molecular complexity index is 1360. The molecule has 1 amide bonds. The molecule has 0 radical (unpaired) electrons. The first-order chi connectivity index (χ1) is 15.7. The molecule has 1 aliphatic heterocycles. The molecule has 2 atom stereocenters. The summed E-state index contributed by atoms with van der Waals surface area (Å²) in [5.41, 5.74) is 3.41. The molecule has 0 unspecified atom stereocenters. The molecule has 33 heavy (non-hydrogen) atoms. The third-order valence-electron chi connectivity index (χ3n) is 6.69. The van der Waals surface area contributed by atoms with E-state index in [1.165, 1.54) is 11.1 Å². The number of benzene rings is 3. The number of carbonyl (C=O) groups is 1. The van der Waals surface area contributed by atoms with Crippen LogP contribution in [0.15, 0.2) is 59.5 Å². The van der Waals surface area contributed by atoms with Gasteiger partial charge in [0, 0.05) is 23.3 Å². The molecule has 172 valence electrons. The van der Waals surface area contributed by atoms with Crippen LogP contribution in [0.25, 0.3) is 10.8 Å². The van der Waals surface area contributed by atoms with Gasteiger partial charge >= 0.3 is 0 Å². The van der Waals surface area contributed by atoms with E-state index in [1.54, 1.807) is 41.3 Å². The van der Waals surface area contributed by atoms with Crippen molar-refractivity contribution in [1.82, 2.24) is 9.62 Å². The minimum absolute atomic E-state index is 0.135. The summed E-state index contributed by atoms with van der Waals surface area (Å²) in [6.07, 6.45) is 2.48. The van der Waals surface area contributed by atoms with Crippen molar-refractivity contribution in [1.29, 1.82) is 0 Å². The van der Waals surface area contributed by atoms with Crippen molar-refractivity contribution >= 4 is 44.0 Å². The van der Waals surface area contributed by atoms with Crippen LogP contribution in [0, 0.1) is 0 Å². The number of amides is 1. The number of aryl methyl sites for hydroxylation is 1. The fourth-order valence-corrected chi connectivity index (χ4v) is 6.39. The quantitative estimate of drug-likeness (QED) is 0.592. The Morgan fingerprint density at radius 3 is 2.55 bits per heavy atom. The normalized spacial score (nSPS) is 20.7. The van der Waals surface area contributed by atoms with Crippen LogP contribution in [0.2, 0.25) is 5.02 Å². The van der Waals surface area contributed by atoms with E-state index < -0.39 is 16.1 Å². The molecule has 0 spiro atoms. The topological polar surface area (TPSA) is 69.7 Å². The molecule has 6 nitrogen and oxygen atoms in total. The van der Waals surface area contributed by atoms with E-state index in [1.807, 2.05) is 6.07 Å². The number of carbonyl (C=O) groups excluding carboxylic acids is 1. The van der Waals surface area contributed by atoms with Gasteiger partial charge in [0.05, 0.1) is 4.90 Å². The summed E-state index contributed by atoms with van der Waals surface area (Å²) in [4.78, 5) is 17.2. The highest BCUT2D eigenvalue weighted by Crippen LogP contribution is 2.37. The third-order valence-corrected chi connectivity index (χ3v) is 8.40. The SMILES string of the molecule is CN(C)[C@@H]1CCc2cc(N3CC[C@H](NS(=O)(=O)c4ccc5cc(Cl)ccc5c4)C3=O)ccc21. The van der Waals surface area contributed by atoms with Crippen LogP contribution in [0.3, 0.4) is 0 Å². The zero-order chi connectivity index (χ0) is 23.3. The predicted molar refractivity (Wildman–Crippen MR) is 131 cm³/mol. The van der Waals surface area contributed by atoms with Gasteiger partial charge in [0.1, 0.15) is 6.04 Å². The number of nitrogens with zero attached hydrogens (tertiary/aromatic N) is 2. The van der Waals surface area contributed by atoms with Gasteiger partial charge in [-0.15, -0.1) is 0 Å². The molecule has 0 bridgehead atoms. The van der Waals surface area contributed by atoms with E-state index in [4.69, 9.17) is 11.6 Å². The molecule has 2 aliphatic rings. The van der Waals surface area contributed by atoms with Crippen molar-refractivity contribution in [2.75, 3.05) is 25.5 Å². The molecule has 8 heteroatoms. The second kappa shape index (κ2) is 8.40. The van der Waals surface area contributed by atoms with Crippen molar-refractivity contribution in [3.63, 3.8) is 0 Å². The summed E-state index contributed by atoms with van der Waals surface area (Å²) in [7, 11) is 0.319. The van der Waals surface area contributed by atoms with Gasteiger partial charge in [-0.05, 0) is 91.7 Å². The summed E-state index contributed by atoms with van der Waals surface area (Å²) in [5.74, 6) is -0.215. The molecular formula is C25H26ClN3O3S. The van der Waals surface area contributed by atoms with E-state index in [9.17, 15) is 13.2 Å². The highest BCUT2D eigenvalue weighted by atomic mass is 35.5. The van der Waals surface area contributed by atoms with Crippen LogP contribution >= 0.6 is 11.6 Å². The number of halogens is 1. The summed E-state index contributed by atoms with van der Waals surface area (Å²) < 4.78 is 28.7. The van der Waals surface area contributed by atoms with E-state index in [0.717, 1.165) is 29.3 Å². The highest BCUT2D eigenvalue weighted by molar-refractivity contribution is 7.89. The molecule has 1 heterocycles. The van der Waals surface area contributed by atoms with Gasteiger partial charge in [0.25, 0.3) is 0 Å². The number of fused-ring (bicyclic) bond motifs is 2. The lowest BCUT2D eigenvalue weighted by molar-refractivity contribution is -0.118. The smallest absolute Gasteiger partial charge is 0.245 e. The maximum Gasteiger partial charge on any atom is 0.245 e. The number of sulfonamides is 1. The van der Waals surface area contributed by atoms with Crippen LogP contribution in [0.5, 0.6) is 0 Å². The predicted octanol–water partition coefficient (Wildman–Crippen LogP) is 4.13. The Morgan fingerprint density at radius 1 is 1.00 bits per heavy atom. The van der Waals surface area contributed by atoms with E-state index in [0.29, 0.717) is 24.0 Å². The van der Waals surface area contributed by atoms with Crippen molar-refractivity contribution in [3.8, 4) is 0 Å². The monoisotopic (exact) mass is 483 g/mol. The fourth-order valence-electron chi connectivity index (χ4n) is 4.95. The summed E-state index contributed by atoms with van der Waals surface area (Å²) >= 11 is 6.02. The van der Waals surface area contributed by atoms with Crippen LogP contribution < -0.4 is 9.62 Å². The molecule has 5 rings (SSSR count). The first-order valence-electron chi connectivity index (χ1n) is 11.1. The Morgan fingerprint density at radius 2 is 1.76 bits per heavy atom. The van der Waals surface area contributed by atoms with E-state index >= 15 is 0 Å². The van der Waals surface area contributed by atoms with Gasteiger partial charge < -0.3 is 9.80 Å². The van der Waals surface area contributed by atoms with E-state index in [2.05, 4.69) is 35.9 Å². The van der Waals surface area contributed by atoms with Gasteiger partial charge in [-0.3, -0.25) is 4.79 Å². The van der Waals surface area contributed by atoms with Gasteiger partial charge in [-0.2, -0.15) is 4.72 Å². The number of rotatable bonds is 5. The largest absolute Gasteiger partial charge is 0.311 e. The van der Waals surface area contributed by atoms with Gasteiger partial charge in [0.15, 0.2) is 0 Å². The van der Waals surface area contributed by atoms with Crippen LogP contribution in [0.4, 0.5) is 5.69 Å². The number of nitrogens with one attached hydrogen (secondary N) is 1. The van der Waals surface area contributed by atoms with Crippen LogP contribution in [-0.2, 0) is 21.2 Å². The fraction of sp³-hybridized carbons (Fsp3) is 0.320. The molecule has 0 saturated carbocycles. The average Bonchev–Trinajstić information content (AvgIpc) is 3.36. The van der Waals surface area contributed by atoms with Crippen LogP contribution in [-0.4, -0.2) is 45.9 Å². The number of anilines is 1. The van der Waals surface area contributed by atoms with Gasteiger partial charge in [-0.25, -0.2) is 8.42 Å². The Kier molecular flexibility index (Phi) is 5.69. The first kappa shape index (κ1) is 22.3. The molecule has 1 aliphatic carbocycles. The maximum atomic E-state index is 13.1. The zero-order valence-electron chi connectivity index (χ0n) is 18.6. The lowest BCUT2D eigenvalue weighted by Crippen LogP contribution is -2.41. The Labute approximate surface area is 199 Å². The molecule has 1 N–H and O–H groups in total. The Hall–Kier alpha value is -2.45. The van der Waals surface area contributed by atoms with Crippen molar-refractivity contribution < 1.29 is 13.2 Å². The van der Waals surface area contributed by atoms with Gasteiger partial charge in [0.2, 0.25) is 15.9 Å². The second-order valence-corrected chi connectivity index (χ2v) is 11.2. The minimum Gasteiger partial charge on any atom is -0.311 e. The molecule has 1 saturated heterocycles. The lowest BCUT2D eigenvalue weighted by Gasteiger charge is -2.22. The molecule has 3 aromatic rings. The first-order valence-corrected chi connectivity index (χ1v) is 12.9. The number of hydrogen-bond acceptors (Lipinski definition) is 4. The molecule has 3 aromatic carbocycles. The molecule has 0 aromatic heterocycles. The van der Waals surface area contributed by atoms with E-state index in [-0.39, 0.29) is 10.8 Å². The van der Waals surface area contributed by atoms with Crippen molar-refractivity contribution in [2.24, 2.45) is 0 Å². The van der Waals surface area contributed by atoms with Crippen molar-refractivity contribution in [3.05, 3.63) is 70.7 Å². The number of hydrogen-bond donors (Lipinski definition) is 1.